The quantitative estimate of drug-likeness (QED) is 0.619. The summed E-state index contributed by atoms with van der Waals surface area (Å²) in [4.78, 5) is 28.3. The number of ether oxygens (including phenoxy) is 2. The Hall–Kier alpha value is -3.60. The van der Waals surface area contributed by atoms with E-state index in [1.54, 1.807) is 21.1 Å². The van der Waals surface area contributed by atoms with Crippen molar-refractivity contribution >= 4 is 17.4 Å². The molecule has 0 aromatic heterocycles. The van der Waals surface area contributed by atoms with Crippen molar-refractivity contribution in [1.29, 1.82) is 0 Å². The molecule has 0 saturated carbocycles. The van der Waals surface area contributed by atoms with Gasteiger partial charge in [0.15, 0.2) is 11.5 Å². The first-order valence-electron chi connectivity index (χ1n) is 10.3. The predicted octanol–water partition coefficient (Wildman–Crippen LogP) is 4.76. The maximum absolute atomic E-state index is 13.4. The highest BCUT2D eigenvalue weighted by Crippen LogP contribution is 2.55. The zero-order chi connectivity index (χ0) is 21.7. The lowest BCUT2D eigenvalue weighted by Crippen LogP contribution is -2.42. The van der Waals surface area contributed by atoms with Crippen LogP contribution >= 0.6 is 0 Å². The van der Waals surface area contributed by atoms with Crippen LogP contribution in [0, 0.1) is 5.92 Å². The summed E-state index contributed by atoms with van der Waals surface area (Å²) in [7, 11) is 3.21. The smallest absolute Gasteiger partial charge is 0.259 e. The van der Waals surface area contributed by atoms with E-state index in [-0.39, 0.29) is 23.7 Å². The van der Waals surface area contributed by atoms with Gasteiger partial charge in [0.25, 0.3) is 5.91 Å². The monoisotopic (exact) mass is 413 g/mol. The van der Waals surface area contributed by atoms with Gasteiger partial charge in [-0.3, -0.25) is 14.5 Å². The lowest BCUT2D eigenvalue weighted by atomic mass is 9.70. The predicted molar refractivity (Wildman–Crippen MR) is 118 cm³/mol. The number of rotatable bonds is 4. The normalized spacial score (nSPS) is 21.2. The molecule has 5 heteroatoms. The second kappa shape index (κ2) is 7.27. The van der Waals surface area contributed by atoms with Gasteiger partial charge in [0.05, 0.1) is 26.2 Å². The molecule has 0 N–H and O–H groups in total. The van der Waals surface area contributed by atoms with Crippen LogP contribution in [0.2, 0.25) is 0 Å². The van der Waals surface area contributed by atoms with E-state index >= 15 is 0 Å². The molecule has 0 spiro atoms. The molecule has 156 valence electrons. The molecule has 2 aliphatic heterocycles. The Morgan fingerprint density at radius 2 is 1.55 bits per heavy atom. The average molecular weight is 413 g/mol. The molecule has 31 heavy (non-hydrogen) atoms. The summed E-state index contributed by atoms with van der Waals surface area (Å²) in [6.45, 7) is 1.62. The summed E-state index contributed by atoms with van der Waals surface area (Å²) in [6, 6.07) is 20.9. The minimum Gasteiger partial charge on any atom is -0.493 e. The van der Waals surface area contributed by atoms with E-state index in [0.29, 0.717) is 17.1 Å². The number of carbonyl (C=O) groups is 2. The highest BCUT2D eigenvalue weighted by atomic mass is 16.5. The number of anilines is 1. The Labute approximate surface area is 181 Å². The number of fused-ring (bicyclic) bond motifs is 5. The van der Waals surface area contributed by atoms with Crippen molar-refractivity contribution in [3.05, 3.63) is 89.0 Å². The van der Waals surface area contributed by atoms with Crippen LogP contribution in [-0.4, -0.2) is 25.9 Å². The van der Waals surface area contributed by atoms with Crippen molar-refractivity contribution in [2.75, 3.05) is 19.1 Å². The van der Waals surface area contributed by atoms with E-state index in [4.69, 9.17) is 9.47 Å². The largest absolute Gasteiger partial charge is 0.493 e. The molecule has 2 heterocycles. The van der Waals surface area contributed by atoms with Crippen LogP contribution in [0.15, 0.2) is 66.7 Å². The van der Waals surface area contributed by atoms with Crippen molar-refractivity contribution in [3.63, 3.8) is 0 Å². The van der Waals surface area contributed by atoms with Gasteiger partial charge in [0.2, 0.25) is 0 Å². The second-order valence-electron chi connectivity index (χ2n) is 7.99. The zero-order valence-electron chi connectivity index (χ0n) is 17.7. The minimum absolute atomic E-state index is 0.0498. The molecule has 3 aromatic rings. The van der Waals surface area contributed by atoms with Crippen molar-refractivity contribution in [3.8, 4) is 11.5 Å². The van der Waals surface area contributed by atoms with Gasteiger partial charge in [-0.05, 0) is 47.9 Å². The Morgan fingerprint density at radius 3 is 2.26 bits per heavy atom. The maximum Gasteiger partial charge on any atom is 0.259 e. The average Bonchev–Trinajstić information content (AvgIpc) is 3.10. The molecule has 0 radical (unpaired) electrons. The Morgan fingerprint density at radius 1 is 0.871 bits per heavy atom. The van der Waals surface area contributed by atoms with E-state index in [1.807, 2.05) is 71.6 Å². The minimum atomic E-state index is -0.416. The van der Waals surface area contributed by atoms with Gasteiger partial charge in [-0.1, -0.05) is 42.5 Å². The molecule has 0 saturated heterocycles. The first kappa shape index (κ1) is 19.4. The summed E-state index contributed by atoms with van der Waals surface area (Å²) < 4.78 is 10.9. The molecule has 0 unspecified atom stereocenters. The van der Waals surface area contributed by atoms with Gasteiger partial charge in [-0.15, -0.1) is 0 Å². The van der Waals surface area contributed by atoms with Gasteiger partial charge in [0.1, 0.15) is 5.78 Å². The van der Waals surface area contributed by atoms with Crippen LogP contribution in [0.3, 0.4) is 0 Å². The topological polar surface area (TPSA) is 55.8 Å². The number of ketones is 1. The van der Waals surface area contributed by atoms with Gasteiger partial charge in [0, 0.05) is 17.2 Å². The summed E-state index contributed by atoms with van der Waals surface area (Å²) >= 11 is 0. The lowest BCUT2D eigenvalue weighted by molar-refractivity contribution is -0.121. The van der Waals surface area contributed by atoms with E-state index < -0.39 is 5.92 Å². The van der Waals surface area contributed by atoms with Crippen molar-refractivity contribution in [2.24, 2.45) is 5.92 Å². The Kier molecular flexibility index (Phi) is 4.54. The van der Waals surface area contributed by atoms with E-state index in [0.717, 1.165) is 22.4 Å². The van der Waals surface area contributed by atoms with Crippen molar-refractivity contribution in [1.82, 2.24) is 0 Å². The van der Waals surface area contributed by atoms with Gasteiger partial charge in [-0.2, -0.15) is 0 Å². The van der Waals surface area contributed by atoms with E-state index in [1.165, 1.54) is 0 Å². The fraction of sp³-hybridized carbons (Fsp3) is 0.231. The summed E-state index contributed by atoms with van der Waals surface area (Å²) in [5, 5.41) is 0. The van der Waals surface area contributed by atoms with Gasteiger partial charge >= 0.3 is 0 Å². The third-order valence-corrected chi connectivity index (χ3v) is 6.47. The number of benzene rings is 3. The van der Waals surface area contributed by atoms with Crippen LogP contribution < -0.4 is 14.4 Å². The SMILES string of the molecule is COc1ccc([C@H]2c3ccccc3N3C(=O)c4ccccc4[C@@H]3[C@@H]2C(C)=O)cc1OC. The highest BCUT2D eigenvalue weighted by Gasteiger charge is 2.51. The lowest BCUT2D eigenvalue weighted by Gasteiger charge is -2.43. The number of para-hydroxylation sites is 1. The highest BCUT2D eigenvalue weighted by molar-refractivity contribution is 6.13. The number of carbonyl (C=O) groups excluding carboxylic acids is 2. The van der Waals surface area contributed by atoms with E-state index in [9.17, 15) is 9.59 Å². The molecule has 5 nitrogen and oxygen atoms in total. The zero-order valence-corrected chi connectivity index (χ0v) is 17.7. The number of hydrogen-bond acceptors (Lipinski definition) is 4. The third kappa shape index (κ3) is 2.76. The van der Waals surface area contributed by atoms with Crippen LogP contribution in [0.25, 0.3) is 0 Å². The first-order chi connectivity index (χ1) is 15.1. The standard InChI is InChI=1S/C26H23NO4/c1-15(28)23-24(16-12-13-21(30-2)22(14-16)31-3)19-10-6-7-11-20(19)27-25(23)17-8-4-5-9-18(17)26(27)29/h4-14,23-25H,1-3H3/t23-,24+,25-/m1/s1. The van der Waals surface area contributed by atoms with Crippen molar-refractivity contribution in [2.45, 2.75) is 18.9 Å². The molecular formula is C26H23NO4. The number of Topliss-reactive ketones (excluding diaryl/α,β-unsaturated/α-hetero) is 1. The molecule has 3 atom stereocenters. The molecule has 3 aromatic carbocycles. The van der Waals surface area contributed by atoms with Gasteiger partial charge in [-0.25, -0.2) is 0 Å². The summed E-state index contributed by atoms with van der Waals surface area (Å²) in [5.74, 6) is 0.621. The van der Waals surface area contributed by atoms with Crippen LogP contribution in [0.1, 0.15) is 45.9 Å². The van der Waals surface area contributed by atoms with Gasteiger partial charge < -0.3 is 9.47 Å². The molecule has 5 rings (SSSR count). The molecule has 0 aliphatic carbocycles. The Bertz CT molecular complexity index is 1200. The molecule has 0 bridgehead atoms. The summed E-state index contributed by atoms with van der Waals surface area (Å²) in [6.07, 6.45) is 0. The second-order valence-corrected chi connectivity index (χ2v) is 7.99. The first-order valence-corrected chi connectivity index (χ1v) is 10.3. The molecule has 2 aliphatic rings. The van der Waals surface area contributed by atoms with Crippen LogP contribution in [0.4, 0.5) is 5.69 Å². The number of amides is 1. The number of hydrogen-bond donors (Lipinski definition) is 0. The molecule has 1 amide bonds. The molecular weight excluding hydrogens is 390 g/mol. The fourth-order valence-electron chi connectivity index (χ4n) is 5.19. The fourth-order valence-corrected chi connectivity index (χ4v) is 5.19. The number of methoxy groups -OCH3 is 2. The van der Waals surface area contributed by atoms with Crippen LogP contribution in [0.5, 0.6) is 11.5 Å². The summed E-state index contributed by atoms with van der Waals surface area (Å²) in [5.41, 5.74) is 4.36. The van der Waals surface area contributed by atoms with E-state index in [2.05, 4.69) is 0 Å². The Balaban J connectivity index is 1.78. The third-order valence-electron chi connectivity index (χ3n) is 6.47. The van der Waals surface area contributed by atoms with Crippen LogP contribution in [-0.2, 0) is 4.79 Å². The van der Waals surface area contributed by atoms with Crippen molar-refractivity contribution < 1.29 is 19.1 Å². The molecule has 0 fully saturated rings. The number of nitrogens with zero attached hydrogens (tertiary/aromatic N) is 1. The maximum atomic E-state index is 13.4.